The lowest BCUT2D eigenvalue weighted by atomic mass is 10.2. The summed E-state index contributed by atoms with van der Waals surface area (Å²) < 4.78 is 23.1. The zero-order valence-electron chi connectivity index (χ0n) is 15.7. The molecule has 8 nitrogen and oxygen atoms in total. The number of pyridine rings is 1. The van der Waals surface area contributed by atoms with Crippen LogP contribution in [0.5, 0.6) is 0 Å². The van der Waals surface area contributed by atoms with Crippen molar-refractivity contribution in [2.24, 2.45) is 4.99 Å². The summed E-state index contributed by atoms with van der Waals surface area (Å²) in [5, 5.41) is 6.16. The number of likely N-dealkylation sites (N-methyl/N-ethyl adjacent to an activating group) is 1. The van der Waals surface area contributed by atoms with Crippen molar-refractivity contribution >= 4 is 45.7 Å². The van der Waals surface area contributed by atoms with Crippen LogP contribution in [0, 0.1) is 0 Å². The first kappa shape index (κ1) is 23.6. The molecule has 0 spiro atoms. The fourth-order valence-electron chi connectivity index (χ4n) is 2.64. The van der Waals surface area contributed by atoms with Gasteiger partial charge in [-0.25, -0.2) is 13.4 Å². The molecule has 1 atom stereocenters. The number of carbonyl (C=O) groups excluding carboxylic acids is 1. The monoisotopic (exact) mass is 509 g/mol. The predicted molar refractivity (Wildman–Crippen MR) is 117 cm³/mol. The van der Waals surface area contributed by atoms with Crippen molar-refractivity contribution in [3.63, 3.8) is 0 Å². The lowest BCUT2D eigenvalue weighted by Gasteiger charge is -2.18. The third-order valence-electron chi connectivity index (χ3n) is 4.15. The van der Waals surface area contributed by atoms with Crippen molar-refractivity contribution in [3.05, 3.63) is 30.1 Å². The predicted octanol–water partition coefficient (Wildman–Crippen LogP) is 0.443. The van der Waals surface area contributed by atoms with Gasteiger partial charge in [-0.15, -0.1) is 24.0 Å². The van der Waals surface area contributed by atoms with Crippen LogP contribution >= 0.6 is 24.0 Å². The number of halogens is 1. The van der Waals surface area contributed by atoms with Crippen LogP contribution in [0.3, 0.4) is 0 Å². The van der Waals surface area contributed by atoms with Crippen molar-refractivity contribution in [1.29, 1.82) is 0 Å². The fraction of sp³-hybridized carbons (Fsp3) is 0.588. The zero-order valence-corrected chi connectivity index (χ0v) is 18.9. The Morgan fingerprint density at radius 1 is 1.41 bits per heavy atom. The minimum atomic E-state index is -2.96. The van der Waals surface area contributed by atoms with Gasteiger partial charge in [0.15, 0.2) is 15.8 Å². The minimum absolute atomic E-state index is 0. The van der Waals surface area contributed by atoms with Crippen molar-refractivity contribution in [3.8, 4) is 0 Å². The lowest BCUT2D eigenvalue weighted by Crippen LogP contribution is -2.44. The van der Waals surface area contributed by atoms with Gasteiger partial charge in [-0.1, -0.05) is 6.07 Å². The zero-order chi connectivity index (χ0) is 19.0. The van der Waals surface area contributed by atoms with Gasteiger partial charge in [-0.2, -0.15) is 0 Å². The summed E-state index contributed by atoms with van der Waals surface area (Å²) in [6.45, 7) is 3.13. The van der Waals surface area contributed by atoms with Gasteiger partial charge >= 0.3 is 0 Å². The Balaban J connectivity index is 0.00000364. The number of rotatable bonds is 7. The summed E-state index contributed by atoms with van der Waals surface area (Å²) in [5.41, 5.74) is 0.938. The highest BCUT2D eigenvalue weighted by atomic mass is 127. The van der Waals surface area contributed by atoms with Gasteiger partial charge in [0, 0.05) is 44.5 Å². The average molecular weight is 509 g/mol. The molecule has 1 unspecified atom stereocenters. The molecular formula is C17H28IN5O3S. The quantitative estimate of drug-likeness (QED) is 0.314. The molecule has 0 radical (unpaired) electrons. The molecule has 2 heterocycles. The molecule has 1 amide bonds. The van der Waals surface area contributed by atoms with E-state index < -0.39 is 9.84 Å². The molecule has 0 aliphatic carbocycles. The highest BCUT2D eigenvalue weighted by Gasteiger charge is 2.28. The van der Waals surface area contributed by atoms with Gasteiger partial charge in [-0.05, 0) is 25.5 Å². The Kier molecular flexibility index (Phi) is 9.99. The van der Waals surface area contributed by atoms with Crippen molar-refractivity contribution in [2.45, 2.75) is 25.8 Å². The van der Waals surface area contributed by atoms with E-state index in [0.717, 1.165) is 5.69 Å². The van der Waals surface area contributed by atoms with E-state index in [2.05, 4.69) is 20.6 Å². The normalized spacial score (nSPS) is 18.4. The maximum absolute atomic E-state index is 12.3. The van der Waals surface area contributed by atoms with Gasteiger partial charge in [0.2, 0.25) is 5.91 Å². The number of amides is 1. The summed E-state index contributed by atoms with van der Waals surface area (Å²) >= 11 is 0. The van der Waals surface area contributed by atoms with E-state index in [1.165, 1.54) is 0 Å². The molecular weight excluding hydrogens is 481 g/mol. The van der Waals surface area contributed by atoms with E-state index in [4.69, 9.17) is 0 Å². The number of aliphatic imine (C=N–C) groups is 1. The van der Waals surface area contributed by atoms with E-state index in [-0.39, 0.29) is 54.0 Å². The second kappa shape index (κ2) is 11.4. The van der Waals surface area contributed by atoms with Crippen LogP contribution in [-0.4, -0.2) is 74.4 Å². The molecule has 1 aromatic heterocycles. The summed E-state index contributed by atoms with van der Waals surface area (Å²) in [6.07, 6.45) is 2.98. The number of hydrogen-bond acceptors (Lipinski definition) is 5. The van der Waals surface area contributed by atoms with E-state index in [0.29, 0.717) is 31.9 Å². The molecule has 1 aliphatic rings. The second-order valence-corrected chi connectivity index (χ2v) is 8.55. The van der Waals surface area contributed by atoms with Crippen LogP contribution in [0.2, 0.25) is 0 Å². The third-order valence-corrected chi connectivity index (χ3v) is 5.91. The van der Waals surface area contributed by atoms with E-state index in [1.807, 2.05) is 25.1 Å². The number of nitrogens with one attached hydrogen (secondary N) is 2. The molecule has 0 bridgehead atoms. The first-order valence-corrected chi connectivity index (χ1v) is 10.6. The molecule has 2 rings (SSSR count). The van der Waals surface area contributed by atoms with Gasteiger partial charge in [0.25, 0.3) is 0 Å². The van der Waals surface area contributed by atoms with Crippen molar-refractivity contribution < 1.29 is 13.2 Å². The average Bonchev–Trinajstić information content (AvgIpc) is 2.96. The Labute approximate surface area is 178 Å². The molecule has 152 valence electrons. The largest absolute Gasteiger partial charge is 0.357 e. The number of hydrogen-bond donors (Lipinski definition) is 2. The molecule has 0 aromatic carbocycles. The lowest BCUT2D eigenvalue weighted by molar-refractivity contribution is -0.128. The SMILES string of the molecule is CCNC(=NCC(=O)N(C)CCc1ccccn1)NC1CCS(=O)(=O)C1.I. The number of guanidine groups is 1. The number of aromatic nitrogens is 1. The van der Waals surface area contributed by atoms with Crippen LogP contribution in [0.25, 0.3) is 0 Å². The van der Waals surface area contributed by atoms with Crippen molar-refractivity contribution in [2.75, 3.05) is 38.2 Å². The highest BCUT2D eigenvalue weighted by molar-refractivity contribution is 14.0. The van der Waals surface area contributed by atoms with E-state index in [9.17, 15) is 13.2 Å². The maximum Gasteiger partial charge on any atom is 0.244 e. The van der Waals surface area contributed by atoms with Crippen LogP contribution in [0.4, 0.5) is 0 Å². The first-order chi connectivity index (χ1) is 12.4. The van der Waals surface area contributed by atoms with Gasteiger partial charge in [0.1, 0.15) is 6.54 Å². The third kappa shape index (κ3) is 8.41. The minimum Gasteiger partial charge on any atom is -0.357 e. The summed E-state index contributed by atoms with van der Waals surface area (Å²) in [7, 11) is -1.22. The van der Waals surface area contributed by atoms with Gasteiger partial charge in [0.05, 0.1) is 11.5 Å². The smallest absolute Gasteiger partial charge is 0.244 e. The standard InChI is InChI=1S/C17H27N5O3S.HI/c1-3-18-17(21-15-8-11-26(24,25)13-15)20-12-16(23)22(2)10-7-14-6-4-5-9-19-14;/h4-6,9,15H,3,7-8,10-13H2,1-2H3,(H2,18,20,21);1H. The number of carbonyl (C=O) groups is 1. The summed E-state index contributed by atoms with van der Waals surface area (Å²) in [4.78, 5) is 22.4. The second-order valence-electron chi connectivity index (χ2n) is 6.33. The molecule has 27 heavy (non-hydrogen) atoms. The Hall–Kier alpha value is -1.43. The molecule has 10 heteroatoms. The number of nitrogens with zero attached hydrogens (tertiary/aromatic N) is 3. The number of sulfone groups is 1. The summed E-state index contributed by atoms with van der Waals surface area (Å²) in [5.74, 6) is 0.674. The van der Waals surface area contributed by atoms with Crippen molar-refractivity contribution in [1.82, 2.24) is 20.5 Å². The van der Waals surface area contributed by atoms with Gasteiger partial charge < -0.3 is 15.5 Å². The fourth-order valence-corrected chi connectivity index (χ4v) is 4.32. The van der Waals surface area contributed by atoms with Gasteiger partial charge in [-0.3, -0.25) is 9.78 Å². The summed E-state index contributed by atoms with van der Waals surface area (Å²) in [6, 6.07) is 5.55. The molecule has 0 saturated carbocycles. The first-order valence-electron chi connectivity index (χ1n) is 8.79. The molecule has 1 fully saturated rings. The Bertz CT molecular complexity index is 727. The molecule has 2 N–H and O–H groups in total. The molecule has 1 aromatic rings. The topological polar surface area (TPSA) is 104 Å². The molecule has 1 aliphatic heterocycles. The van der Waals surface area contributed by atoms with E-state index >= 15 is 0 Å². The van der Waals surface area contributed by atoms with Crippen LogP contribution < -0.4 is 10.6 Å². The maximum atomic E-state index is 12.3. The molecule has 1 saturated heterocycles. The van der Waals surface area contributed by atoms with Crippen LogP contribution in [0.15, 0.2) is 29.4 Å². The van der Waals surface area contributed by atoms with E-state index in [1.54, 1.807) is 18.1 Å². The Morgan fingerprint density at radius 2 is 2.19 bits per heavy atom. The highest BCUT2D eigenvalue weighted by Crippen LogP contribution is 2.10. The van der Waals surface area contributed by atoms with Crippen LogP contribution in [0.1, 0.15) is 19.0 Å². The van der Waals surface area contributed by atoms with Crippen LogP contribution in [-0.2, 0) is 21.1 Å². The Morgan fingerprint density at radius 3 is 2.78 bits per heavy atom.